The highest BCUT2D eigenvalue weighted by atomic mass is 127. The van der Waals surface area contributed by atoms with Crippen LogP contribution in [0.15, 0.2) is 24.3 Å². The Bertz CT molecular complexity index is 285. The van der Waals surface area contributed by atoms with Gasteiger partial charge in [0.05, 0.1) is 6.04 Å². The molecule has 1 aromatic rings. The first-order valence-electron chi connectivity index (χ1n) is 4.73. The predicted molar refractivity (Wildman–Crippen MR) is 68.6 cm³/mol. The van der Waals surface area contributed by atoms with Gasteiger partial charge in [0.1, 0.15) is 0 Å². The smallest absolute Gasteiger partial charge is 0.172 e. The van der Waals surface area contributed by atoms with Gasteiger partial charge in [0.15, 0.2) is 6.29 Å². The van der Waals surface area contributed by atoms with Crippen LogP contribution >= 0.6 is 22.6 Å². The minimum absolute atomic E-state index is 0.139. The van der Waals surface area contributed by atoms with Gasteiger partial charge in [0, 0.05) is 17.8 Å². The highest BCUT2D eigenvalue weighted by molar-refractivity contribution is 14.1. The van der Waals surface area contributed by atoms with Crippen molar-refractivity contribution in [2.75, 3.05) is 14.2 Å². The van der Waals surface area contributed by atoms with E-state index < -0.39 is 0 Å². The summed E-state index contributed by atoms with van der Waals surface area (Å²) in [6.45, 7) is 0. The third-order valence-electron chi connectivity index (χ3n) is 2.20. The van der Waals surface area contributed by atoms with Gasteiger partial charge in [-0.25, -0.2) is 0 Å². The lowest BCUT2D eigenvalue weighted by atomic mass is 10.1. The molecule has 0 saturated carbocycles. The van der Waals surface area contributed by atoms with E-state index in [1.807, 2.05) is 0 Å². The summed E-state index contributed by atoms with van der Waals surface area (Å²) in [6.07, 6.45) is 0.410. The summed E-state index contributed by atoms with van der Waals surface area (Å²) in [5, 5.41) is 0. The maximum absolute atomic E-state index is 5.96. The predicted octanol–water partition coefficient (Wildman–Crippen LogP) is 1.78. The molecule has 0 saturated heterocycles. The van der Waals surface area contributed by atoms with Gasteiger partial charge in [-0.1, -0.05) is 12.1 Å². The van der Waals surface area contributed by atoms with Crippen LogP contribution in [-0.4, -0.2) is 26.6 Å². The highest BCUT2D eigenvalue weighted by Crippen LogP contribution is 2.10. The Hall–Kier alpha value is -0.170. The molecule has 84 valence electrons. The van der Waals surface area contributed by atoms with E-state index in [-0.39, 0.29) is 12.3 Å². The van der Waals surface area contributed by atoms with Crippen LogP contribution in [0.2, 0.25) is 0 Å². The minimum atomic E-state index is -0.343. The molecule has 0 amide bonds. The fraction of sp³-hybridized carbons (Fsp3) is 0.455. The molecule has 1 atom stereocenters. The lowest BCUT2D eigenvalue weighted by molar-refractivity contribution is -0.115. The Labute approximate surface area is 104 Å². The summed E-state index contributed by atoms with van der Waals surface area (Å²) in [6, 6.07) is 8.14. The molecule has 0 aliphatic rings. The third kappa shape index (κ3) is 4.06. The first kappa shape index (κ1) is 12.9. The summed E-state index contributed by atoms with van der Waals surface area (Å²) >= 11 is 2.28. The molecule has 15 heavy (non-hydrogen) atoms. The van der Waals surface area contributed by atoms with Crippen molar-refractivity contribution >= 4 is 22.6 Å². The molecule has 0 fully saturated rings. The number of rotatable bonds is 5. The number of methoxy groups -OCH3 is 2. The number of nitrogens with two attached hydrogens (primary N) is 1. The normalized spacial score (nSPS) is 13.1. The van der Waals surface area contributed by atoms with Crippen molar-refractivity contribution in [1.29, 1.82) is 0 Å². The molecule has 0 aliphatic heterocycles. The number of hydrogen-bond acceptors (Lipinski definition) is 3. The maximum atomic E-state index is 5.96. The average molecular weight is 321 g/mol. The molecule has 0 spiro atoms. The Morgan fingerprint density at radius 3 is 2.20 bits per heavy atom. The van der Waals surface area contributed by atoms with Crippen LogP contribution in [0, 0.1) is 3.57 Å². The number of halogens is 1. The monoisotopic (exact) mass is 321 g/mol. The van der Waals surface area contributed by atoms with Crippen molar-refractivity contribution in [3.05, 3.63) is 33.4 Å². The molecule has 2 N–H and O–H groups in total. The summed E-state index contributed by atoms with van der Waals surface area (Å²) in [4.78, 5) is 0. The molecule has 0 bridgehead atoms. The number of benzene rings is 1. The van der Waals surface area contributed by atoms with Crippen LogP contribution in [0.3, 0.4) is 0 Å². The maximum Gasteiger partial charge on any atom is 0.172 e. The van der Waals surface area contributed by atoms with Crippen molar-refractivity contribution in [3.8, 4) is 0 Å². The highest BCUT2D eigenvalue weighted by Gasteiger charge is 2.16. The lowest BCUT2D eigenvalue weighted by Crippen LogP contribution is -2.39. The molecule has 0 radical (unpaired) electrons. The molecule has 4 heteroatoms. The quantitative estimate of drug-likeness (QED) is 0.664. The first-order chi connectivity index (χ1) is 7.17. The van der Waals surface area contributed by atoms with E-state index in [0.29, 0.717) is 0 Å². The topological polar surface area (TPSA) is 44.5 Å². The number of hydrogen-bond donors (Lipinski definition) is 1. The van der Waals surface area contributed by atoms with Gasteiger partial charge in [-0.3, -0.25) is 0 Å². The second kappa shape index (κ2) is 6.42. The van der Waals surface area contributed by atoms with E-state index >= 15 is 0 Å². The van der Waals surface area contributed by atoms with Gasteiger partial charge in [0.25, 0.3) is 0 Å². The van der Waals surface area contributed by atoms with E-state index in [1.54, 1.807) is 14.2 Å². The molecule has 1 unspecified atom stereocenters. The van der Waals surface area contributed by atoms with Crippen molar-refractivity contribution in [1.82, 2.24) is 0 Å². The Morgan fingerprint density at radius 2 is 1.73 bits per heavy atom. The molecule has 1 rings (SSSR count). The lowest BCUT2D eigenvalue weighted by Gasteiger charge is -2.20. The van der Waals surface area contributed by atoms with E-state index in [1.165, 1.54) is 9.13 Å². The van der Waals surface area contributed by atoms with E-state index in [4.69, 9.17) is 15.2 Å². The largest absolute Gasteiger partial charge is 0.354 e. The van der Waals surface area contributed by atoms with Crippen molar-refractivity contribution in [2.24, 2.45) is 5.73 Å². The van der Waals surface area contributed by atoms with Crippen LogP contribution < -0.4 is 5.73 Å². The van der Waals surface area contributed by atoms with Crippen LogP contribution in [0.4, 0.5) is 0 Å². The standard InChI is InChI=1S/C11H16INO2/c1-14-11(15-2)10(13)7-8-3-5-9(12)6-4-8/h3-6,10-11H,7,13H2,1-2H3. The van der Waals surface area contributed by atoms with Gasteiger partial charge in [-0.05, 0) is 46.7 Å². The van der Waals surface area contributed by atoms with Crippen molar-refractivity contribution < 1.29 is 9.47 Å². The zero-order chi connectivity index (χ0) is 11.3. The minimum Gasteiger partial charge on any atom is -0.354 e. The summed E-state index contributed by atoms with van der Waals surface area (Å²) < 4.78 is 11.4. The van der Waals surface area contributed by atoms with Crippen LogP contribution in [-0.2, 0) is 15.9 Å². The SMILES string of the molecule is COC(OC)C(N)Cc1ccc(I)cc1. The van der Waals surface area contributed by atoms with Gasteiger partial charge in [0.2, 0.25) is 0 Å². The molecule has 1 aromatic carbocycles. The fourth-order valence-electron chi connectivity index (χ4n) is 1.43. The second-order valence-corrected chi connectivity index (χ2v) is 4.58. The van der Waals surface area contributed by atoms with E-state index in [0.717, 1.165) is 6.42 Å². The molecule has 0 heterocycles. The molecule has 0 aromatic heterocycles. The Kier molecular flexibility index (Phi) is 5.52. The zero-order valence-corrected chi connectivity index (χ0v) is 11.1. The van der Waals surface area contributed by atoms with E-state index in [2.05, 4.69) is 46.9 Å². The average Bonchev–Trinajstić information content (AvgIpc) is 2.23. The number of ether oxygens (including phenoxy) is 2. The zero-order valence-electron chi connectivity index (χ0n) is 8.94. The summed E-state index contributed by atoms with van der Waals surface area (Å²) in [7, 11) is 3.20. The molecular weight excluding hydrogens is 305 g/mol. The van der Waals surface area contributed by atoms with Gasteiger partial charge >= 0.3 is 0 Å². The van der Waals surface area contributed by atoms with Crippen LogP contribution in [0.25, 0.3) is 0 Å². The van der Waals surface area contributed by atoms with Crippen LogP contribution in [0.5, 0.6) is 0 Å². The van der Waals surface area contributed by atoms with Crippen molar-refractivity contribution in [2.45, 2.75) is 18.8 Å². The summed E-state index contributed by atoms with van der Waals surface area (Å²) in [5.41, 5.74) is 7.15. The molecule has 0 aliphatic carbocycles. The third-order valence-corrected chi connectivity index (χ3v) is 2.92. The van der Waals surface area contributed by atoms with Crippen molar-refractivity contribution in [3.63, 3.8) is 0 Å². The fourth-order valence-corrected chi connectivity index (χ4v) is 1.79. The van der Waals surface area contributed by atoms with Gasteiger partial charge < -0.3 is 15.2 Å². The second-order valence-electron chi connectivity index (χ2n) is 3.33. The van der Waals surface area contributed by atoms with Gasteiger partial charge in [-0.2, -0.15) is 0 Å². The molecular formula is C11H16INO2. The van der Waals surface area contributed by atoms with E-state index in [9.17, 15) is 0 Å². The Balaban J connectivity index is 2.57. The molecule has 3 nitrogen and oxygen atoms in total. The Morgan fingerprint density at radius 1 is 1.20 bits per heavy atom. The first-order valence-corrected chi connectivity index (χ1v) is 5.81. The summed E-state index contributed by atoms with van der Waals surface area (Å²) in [5.74, 6) is 0. The van der Waals surface area contributed by atoms with Gasteiger partial charge in [-0.15, -0.1) is 0 Å². The van der Waals surface area contributed by atoms with Crippen LogP contribution in [0.1, 0.15) is 5.56 Å².